The number of anilines is 1. The van der Waals surface area contributed by atoms with Gasteiger partial charge in [-0.15, -0.1) is 0 Å². The summed E-state index contributed by atoms with van der Waals surface area (Å²) in [5.41, 5.74) is 0. The summed E-state index contributed by atoms with van der Waals surface area (Å²) in [5, 5.41) is 3.12. The van der Waals surface area contributed by atoms with E-state index in [1.807, 2.05) is 0 Å². The largest absolute Gasteiger partial charge is 0.478 e. The van der Waals surface area contributed by atoms with Crippen LogP contribution in [0.5, 0.6) is 5.88 Å². The van der Waals surface area contributed by atoms with E-state index in [1.54, 1.807) is 19.5 Å². The van der Waals surface area contributed by atoms with Crippen molar-refractivity contribution in [2.45, 2.75) is 45.6 Å². The Labute approximate surface area is 132 Å². The molecule has 6 nitrogen and oxygen atoms in total. The summed E-state index contributed by atoms with van der Waals surface area (Å²) < 4.78 is 5.27. The van der Waals surface area contributed by atoms with Gasteiger partial charge in [0.05, 0.1) is 13.0 Å². The van der Waals surface area contributed by atoms with Gasteiger partial charge in [-0.2, -0.15) is 0 Å². The highest BCUT2D eigenvalue weighted by atomic mass is 16.5. The summed E-state index contributed by atoms with van der Waals surface area (Å²) in [7, 11) is 1.59. The van der Waals surface area contributed by atoms with Crippen LogP contribution in [0.15, 0.2) is 12.4 Å². The van der Waals surface area contributed by atoms with Crippen LogP contribution in [0, 0.1) is 5.92 Å². The van der Waals surface area contributed by atoms with E-state index in [9.17, 15) is 4.79 Å². The molecule has 22 heavy (non-hydrogen) atoms. The number of amides is 1. The highest BCUT2D eigenvalue weighted by molar-refractivity contribution is 5.79. The van der Waals surface area contributed by atoms with Crippen molar-refractivity contribution in [3.63, 3.8) is 0 Å². The van der Waals surface area contributed by atoms with Crippen LogP contribution in [-0.2, 0) is 4.79 Å². The molecule has 2 atom stereocenters. The van der Waals surface area contributed by atoms with Crippen LogP contribution in [0.2, 0.25) is 0 Å². The second-order valence-electron chi connectivity index (χ2n) is 5.87. The van der Waals surface area contributed by atoms with Crippen LogP contribution in [0.4, 0.5) is 5.82 Å². The van der Waals surface area contributed by atoms with E-state index in [-0.39, 0.29) is 17.9 Å². The van der Waals surface area contributed by atoms with Crippen molar-refractivity contribution >= 4 is 11.7 Å². The monoisotopic (exact) mass is 306 g/mol. The van der Waals surface area contributed by atoms with Crippen molar-refractivity contribution in [1.29, 1.82) is 0 Å². The van der Waals surface area contributed by atoms with Crippen molar-refractivity contribution in [2.24, 2.45) is 5.92 Å². The van der Waals surface area contributed by atoms with Crippen molar-refractivity contribution < 1.29 is 9.53 Å². The average Bonchev–Trinajstić information content (AvgIpc) is 2.55. The van der Waals surface area contributed by atoms with E-state index in [1.165, 1.54) is 0 Å². The minimum atomic E-state index is -0.000214. The minimum Gasteiger partial charge on any atom is -0.478 e. The molecule has 1 fully saturated rings. The van der Waals surface area contributed by atoms with E-state index in [4.69, 9.17) is 4.74 Å². The van der Waals surface area contributed by atoms with Gasteiger partial charge in [0, 0.05) is 31.5 Å². The fourth-order valence-corrected chi connectivity index (χ4v) is 2.93. The molecule has 1 aliphatic heterocycles. The number of nitrogens with zero attached hydrogens (tertiary/aromatic N) is 3. The normalized spacial score (nSPS) is 19.6. The Bertz CT molecular complexity index is 495. The average molecular weight is 306 g/mol. The zero-order chi connectivity index (χ0) is 15.9. The van der Waals surface area contributed by atoms with E-state index >= 15 is 0 Å². The number of hydrogen-bond donors (Lipinski definition) is 1. The molecule has 1 aliphatic rings. The number of hydrogen-bond acceptors (Lipinski definition) is 5. The van der Waals surface area contributed by atoms with Gasteiger partial charge in [-0.25, -0.2) is 9.97 Å². The lowest BCUT2D eigenvalue weighted by molar-refractivity contribution is -0.125. The van der Waals surface area contributed by atoms with Crippen LogP contribution < -0.4 is 15.0 Å². The lowest BCUT2D eigenvalue weighted by Crippen LogP contribution is -2.45. The summed E-state index contributed by atoms with van der Waals surface area (Å²) in [6.07, 6.45) is 7.26. The Morgan fingerprint density at radius 3 is 3.00 bits per heavy atom. The first-order valence-corrected chi connectivity index (χ1v) is 8.06. The highest BCUT2D eigenvalue weighted by Gasteiger charge is 2.28. The molecule has 2 rings (SSSR count). The molecule has 0 aromatic carbocycles. The number of ether oxygens (including phenoxy) is 1. The molecule has 1 amide bonds. The molecule has 1 aromatic rings. The van der Waals surface area contributed by atoms with Crippen LogP contribution in [0.3, 0.4) is 0 Å². The maximum atomic E-state index is 12.4. The van der Waals surface area contributed by atoms with E-state index in [0.717, 1.165) is 38.0 Å². The fraction of sp³-hybridized carbons (Fsp3) is 0.688. The van der Waals surface area contributed by atoms with E-state index < -0.39 is 0 Å². The summed E-state index contributed by atoms with van der Waals surface area (Å²) in [4.78, 5) is 23.1. The number of aromatic nitrogens is 2. The van der Waals surface area contributed by atoms with Crippen LogP contribution in [0.1, 0.15) is 39.5 Å². The predicted octanol–water partition coefficient (Wildman–Crippen LogP) is 2.01. The van der Waals surface area contributed by atoms with Gasteiger partial charge >= 0.3 is 0 Å². The predicted molar refractivity (Wildman–Crippen MR) is 86.0 cm³/mol. The molecule has 0 aliphatic carbocycles. The lowest BCUT2D eigenvalue weighted by atomic mass is 9.96. The van der Waals surface area contributed by atoms with Crippen LogP contribution in [0.25, 0.3) is 0 Å². The van der Waals surface area contributed by atoms with Crippen LogP contribution in [-0.4, -0.2) is 42.1 Å². The first-order chi connectivity index (χ1) is 10.7. The smallest absolute Gasteiger partial charge is 0.257 e. The second kappa shape index (κ2) is 7.96. The first kappa shape index (κ1) is 16.5. The zero-order valence-electron chi connectivity index (χ0n) is 13.7. The lowest BCUT2D eigenvalue weighted by Gasteiger charge is -2.33. The molecule has 6 heteroatoms. The van der Waals surface area contributed by atoms with Gasteiger partial charge in [0.15, 0.2) is 5.82 Å². The molecular weight excluding hydrogens is 280 g/mol. The van der Waals surface area contributed by atoms with Crippen molar-refractivity contribution in [3.05, 3.63) is 12.4 Å². The molecule has 2 unspecified atom stereocenters. The topological polar surface area (TPSA) is 67.4 Å². The quantitative estimate of drug-likeness (QED) is 0.871. The number of carbonyl (C=O) groups excluding carboxylic acids is 1. The summed E-state index contributed by atoms with van der Waals surface area (Å²) in [5.74, 6) is 1.39. The zero-order valence-corrected chi connectivity index (χ0v) is 13.7. The van der Waals surface area contributed by atoms with Gasteiger partial charge in [0.2, 0.25) is 5.91 Å². The maximum absolute atomic E-state index is 12.4. The Balaban J connectivity index is 2.01. The number of nitrogens with one attached hydrogen (secondary N) is 1. The van der Waals surface area contributed by atoms with Gasteiger partial charge < -0.3 is 15.0 Å². The Kier molecular flexibility index (Phi) is 5.98. The van der Waals surface area contributed by atoms with Crippen molar-refractivity contribution in [3.8, 4) is 5.88 Å². The Morgan fingerprint density at radius 2 is 2.27 bits per heavy atom. The molecule has 1 saturated heterocycles. The second-order valence-corrected chi connectivity index (χ2v) is 5.87. The molecule has 0 spiro atoms. The Morgan fingerprint density at radius 1 is 1.50 bits per heavy atom. The van der Waals surface area contributed by atoms with Gasteiger partial charge in [-0.3, -0.25) is 4.79 Å². The SMILES string of the molecule is CCCC(C)NC(=O)C1CCCN(c2nccnc2OC)C1. The third kappa shape index (κ3) is 4.08. The summed E-state index contributed by atoms with van der Waals surface area (Å²) >= 11 is 0. The van der Waals surface area contributed by atoms with Gasteiger partial charge in [0.25, 0.3) is 5.88 Å². The molecule has 122 valence electrons. The third-order valence-corrected chi connectivity index (χ3v) is 4.04. The number of carbonyl (C=O) groups is 1. The summed E-state index contributed by atoms with van der Waals surface area (Å²) in [6, 6.07) is 0.235. The van der Waals surface area contributed by atoms with E-state index in [0.29, 0.717) is 12.4 Å². The number of methoxy groups -OCH3 is 1. The van der Waals surface area contributed by atoms with E-state index in [2.05, 4.69) is 34.0 Å². The molecule has 0 saturated carbocycles. The highest BCUT2D eigenvalue weighted by Crippen LogP contribution is 2.27. The van der Waals surface area contributed by atoms with Crippen LogP contribution >= 0.6 is 0 Å². The van der Waals surface area contributed by atoms with Crippen molar-refractivity contribution in [2.75, 3.05) is 25.1 Å². The van der Waals surface area contributed by atoms with Crippen molar-refractivity contribution in [1.82, 2.24) is 15.3 Å². The molecule has 1 N–H and O–H groups in total. The molecular formula is C16H26N4O2. The number of piperidine rings is 1. The maximum Gasteiger partial charge on any atom is 0.257 e. The molecule has 0 radical (unpaired) electrons. The van der Waals surface area contributed by atoms with Gasteiger partial charge in [0.1, 0.15) is 0 Å². The first-order valence-electron chi connectivity index (χ1n) is 8.06. The molecule has 0 bridgehead atoms. The Hall–Kier alpha value is -1.85. The minimum absolute atomic E-state index is 0.000214. The van der Waals surface area contributed by atoms with Gasteiger partial charge in [-0.1, -0.05) is 13.3 Å². The molecule has 1 aromatic heterocycles. The number of rotatable bonds is 6. The third-order valence-electron chi connectivity index (χ3n) is 4.04. The van der Waals surface area contributed by atoms with Gasteiger partial charge in [-0.05, 0) is 26.2 Å². The summed E-state index contributed by atoms with van der Waals surface area (Å²) in [6.45, 7) is 5.74. The standard InChI is InChI=1S/C16H26N4O2/c1-4-6-12(2)19-15(21)13-7-5-10-20(11-13)14-16(22-3)18-9-8-17-14/h8-9,12-13H,4-7,10-11H2,1-3H3,(H,19,21). The fourth-order valence-electron chi connectivity index (χ4n) is 2.93. The molecule has 2 heterocycles.